The fourth-order valence-electron chi connectivity index (χ4n) is 2.68. The maximum atomic E-state index is 11.2. The van der Waals surface area contributed by atoms with Gasteiger partial charge in [-0.25, -0.2) is 4.98 Å². The number of benzene rings is 2. The van der Waals surface area contributed by atoms with E-state index in [2.05, 4.69) is 9.72 Å². The van der Waals surface area contributed by atoms with Gasteiger partial charge in [0.1, 0.15) is 12.4 Å². The van der Waals surface area contributed by atoms with Crippen LogP contribution in [-0.2, 0) is 16.1 Å². The summed E-state index contributed by atoms with van der Waals surface area (Å²) in [5.41, 5.74) is 2.47. The lowest BCUT2D eigenvalue weighted by Crippen LogP contribution is -2.05. The number of aliphatic hydroxyl groups is 1. The third kappa shape index (κ3) is 4.58. The number of nitrogens with zero attached hydrogens (tertiary/aromatic N) is 1. The molecule has 0 saturated carbocycles. The van der Waals surface area contributed by atoms with Crippen LogP contribution < -0.4 is 4.74 Å². The molecule has 0 aliphatic carbocycles. The second kappa shape index (κ2) is 8.45. The highest BCUT2D eigenvalue weighted by molar-refractivity contribution is 5.78. The van der Waals surface area contributed by atoms with E-state index in [0.717, 1.165) is 16.6 Å². The number of hydrogen-bond donors (Lipinski definition) is 1. The fraction of sp³-hybridized carbons (Fsp3) is 0.238. The summed E-state index contributed by atoms with van der Waals surface area (Å²) in [5, 5.41) is 11.3. The van der Waals surface area contributed by atoms with Crippen LogP contribution >= 0.6 is 0 Å². The zero-order valence-corrected chi connectivity index (χ0v) is 14.6. The summed E-state index contributed by atoms with van der Waals surface area (Å²) in [6.07, 6.45) is -0.261. The summed E-state index contributed by atoms with van der Waals surface area (Å²) in [5.74, 6) is 0.313. The second-order valence-electron chi connectivity index (χ2n) is 5.99. The Morgan fingerprint density at radius 3 is 2.81 bits per heavy atom. The van der Waals surface area contributed by atoms with Crippen LogP contribution in [0.1, 0.15) is 30.2 Å². The van der Waals surface area contributed by atoms with E-state index in [1.165, 1.54) is 7.11 Å². The lowest BCUT2D eigenvalue weighted by molar-refractivity contribution is -0.141. The van der Waals surface area contributed by atoms with Crippen molar-refractivity contribution in [2.24, 2.45) is 0 Å². The van der Waals surface area contributed by atoms with Gasteiger partial charge < -0.3 is 14.6 Å². The van der Waals surface area contributed by atoms with Gasteiger partial charge in [-0.15, -0.1) is 0 Å². The Hall–Kier alpha value is -2.92. The number of para-hydroxylation sites is 1. The molecule has 3 rings (SSSR count). The molecule has 1 heterocycles. The minimum Gasteiger partial charge on any atom is -0.487 e. The molecular weight excluding hydrogens is 330 g/mol. The van der Waals surface area contributed by atoms with E-state index in [1.807, 2.05) is 54.6 Å². The molecule has 1 N–H and O–H groups in total. The topological polar surface area (TPSA) is 68.7 Å². The molecule has 0 aliphatic rings. The molecule has 26 heavy (non-hydrogen) atoms. The van der Waals surface area contributed by atoms with Gasteiger partial charge in [0.05, 0.1) is 24.4 Å². The average Bonchev–Trinajstić information content (AvgIpc) is 2.70. The number of carbonyl (C=O) groups excluding carboxylic acids is 1. The molecule has 1 unspecified atom stereocenters. The highest BCUT2D eigenvalue weighted by atomic mass is 16.5. The van der Waals surface area contributed by atoms with Gasteiger partial charge in [0.2, 0.25) is 0 Å². The number of aromatic nitrogens is 1. The number of carbonyl (C=O) groups is 1. The van der Waals surface area contributed by atoms with E-state index >= 15 is 0 Å². The number of rotatable bonds is 7. The summed E-state index contributed by atoms with van der Waals surface area (Å²) in [6.45, 7) is 0.340. The maximum Gasteiger partial charge on any atom is 0.305 e. The van der Waals surface area contributed by atoms with Gasteiger partial charge in [-0.1, -0.05) is 36.4 Å². The van der Waals surface area contributed by atoms with Crippen LogP contribution in [0.4, 0.5) is 0 Å². The van der Waals surface area contributed by atoms with Gasteiger partial charge >= 0.3 is 5.97 Å². The van der Waals surface area contributed by atoms with E-state index in [0.29, 0.717) is 24.3 Å². The van der Waals surface area contributed by atoms with E-state index in [9.17, 15) is 9.90 Å². The first-order valence-corrected chi connectivity index (χ1v) is 8.48. The average molecular weight is 351 g/mol. The Morgan fingerprint density at radius 2 is 1.96 bits per heavy atom. The van der Waals surface area contributed by atoms with E-state index in [4.69, 9.17) is 4.74 Å². The molecular formula is C21H21NO4. The molecule has 0 fully saturated rings. The van der Waals surface area contributed by atoms with Gasteiger partial charge in [-0.2, -0.15) is 0 Å². The van der Waals surface area contributed by atoms with Crippen molar-refractivity contribution < 1.29 is 19.4 Å². The number of fused-ring (bicyclic) bond motifs is 1. The summed E-state index contributed by atoms with van der Waals surface area (Å²) >= 11 is 0. The summed E-state index contributed by atoms with van der Waals surface area (Å²) in [6, 6.07) is 19.1. The standard InChI is InChI=1S/C21H21NO4/c1-25-21(24)12-11-20(23)16-6-4-7-18(13-16)26-14-17-10-9-15-5-2-3-8-19(15)22-17/h2-10,13,20,23H,11-12,14H2,1H3. The molecule has 0 radical (unpaired) electrons. The molecule has 0 aliphatic heterocycles. The van der Waals surface area contributed by atoms with Crippen molar-refractivity contribution in [2.75, 3.05) is 7.11 Å². The lowest BCUT2D eigenvalue weighted by Gasteiger charge is -2.12. The first kappa shape index (κ1) is 17.9. The van der Waals surface area contributed by atoms with Crippen molar-refractivity contribution in [1.29, 1.82) is 0 Å². The molecule has 0 saturated heterocycles. The van der Waals surface area contributed by atoms with E-state index < -0.39 is 6.10 Å². The largest absolute Gasteiger partial charge is 0.487 e. The number of pyridine rings is 1. The van der Waals surface area contributed by atoms with Crippen molar-refractivity contribution in [3.05, 3.63) is 71.9 Å². The number of esters is 1. The van der Waals surface area contributed by atoms with Gasteiger partial charge in [0.15, 0.2) is 0 Å². The number of hydrogen-bond acceptors (Lipinski definition) is 5. The second-order valence-corrected chi connectivity index (χ2v) is 5.99. The summed E-state index contributed by atoms with van der Waals surface area (Å²) < 4.78 is 10.4. The SMILES string of the molecule is COC(=O)CCC(O)c1cccc(OCc2ccc3ccccc3n2)c1. The van der Waals surface area contributed by atoms with E-state index in [1.54, 1.807) is 6.07 Å². The van der Waals surface area contributed by atoms with Crippen LogP contribution in [0, 0.1) is 0 Å². The molecule has 134 valence electrons. The Balaban J connectivity index is 1.63. The molecule has 0 bridgehead atoms. The molecule has 5 nitrogen and oxygen atoms in total. The number of methoxy groups -OCH3 is 1. The van der Waals surface area contributed by atoms with Crippen molar-refractivity contribution in [3.63, 3.8) is 0 Å². The Labute approximate surface area is 152 Å². The fourth-order valence-corrected chi connectivity index (χ4v) is 2.68. The predicted octanol–water partition coefficient (Wildman–Crippen LogP) is 3.80. The van der Waals surface area contributed by atoms with Crippen LogP contribution in [0.25, 0.3) is 10.9 Å². The number of ether oxygens (including phenoxy) is 2. The zero-order valence-electron chi connectivity index (χ0n) is 14.6. The molecule has 1 aromatic heterocycles. The molecule has 2 aromatic carbocycles. The smallest absolute Gasteiger partial charge is 0.305 e. The van der Waals surface area contributed by atoms with Crippen molar-refractivity contribution in [2.45, 2.75) is 25.6 Å². The normalized spacial score (nSPS) is 11.9. The first-order valence-electron chi connectivity index (χ1n) is 8.48. The molecule has 3 aromatic rings. The molecule has 0 amide bonds. The Morgan fingerprint density at radius 1 is 1.12 bits per heavy atom. The first-order chi connectivity index (χ1) is 12.7. The monoisotopic (exact) mass is 351 g/mol. The Bertz CT molecular complexity index is 894. The van der Waals surface area contributed by atoms with Crippen molar-refractivity contribution >= 4 is 16.9 Å². The van der Waals surface area contributed by atoms with Crippen molar-refractivity contribution in [3.8, 4) is 5.75 Å². The molecule has 1 atom stereocenters. The van der Waals surface area contributed by atoms with Crippen molar-refractivity contribution in [1.82, 2.24) is 4.98 Å². The Kier molecular flexibility index (Phi) is 5.81. The predicted molar refractivity (Wildman–Crippen MR) is 98.7 cm³/mol. The highest BCUT2D eigenvalue weighted by Gasteiger charge is 2.11. The zero-order chi connectivity index (χ0) is 18.4. The van der Waals surface area contributed by atoms with Crippen LogP contribution in [0.2, 0.25) is 0 Å². The number of aliphatic hydroxyl groups excluding tert-OH is 1. The third-order valence-electron chi connectivity index (χ3n) is 4.14. The third-order valence-corrected chi connectivity index (χ3v) is 4.14. The minimum atomic E-state index is -0.739. The van der Waals surface area contributed by atoms with Gasteiger partial charge in [-0.3, -0.25) is 4.79 Å². The molecule has 0 spiro atoms. The lowest BCUT2D eigenvalue weighted by atomic mass is 10.0. The summed E-state index contributed by atoms with van der Waals surface area (Å²) in [7, 11) is 1.34. The van der Waals surface area contributed by atoms with Gasteiger partial charge in [0, 0.05) is 11.8 Å². The maximum absolute atomic E-state index is 11.2. The minimum absolute atomic E-state index is 0.170. The van der Waals surface area contributed by atoms with Gasteiger partial charge in [0.25, 0.3) is 0 Å². The highest BCUT2D eigenvalue weighted by Crippen LogP contribution is 2.23. The van der Waals surface area contributed by atoms with Crippen LogP contribution in [0.3, 0.4) is 0 Å². The van der Waals surface area contributed by atoms with Crippen LogP contribution in [0.5, 0.6) is 5.75 Å². The quantitative estimate of drug-likeness (QED) is 0.656. The molecule has 5 heteroatoms. The summed E-state index contributed by atoms with van der Waals surface area (Å²) in [4.78, 5) is 15.8. The van der Waals surface area contributed by atoms with E-state index in [-0.39, 0.29) is 12.4 Å². The van der Waals surface area contributed by atoms with Crippen LogP contribution in [-0.4, -0.2) is 23.2 Å². The van der Waals surface area contributed by atoms with Crippen LogP contribution in [0.15, 0.2) is 60.7 Å². The van der Waals surface area contributed by atoms with Gasteiger partial charge in [-0.05, 0) is 36.2 Å².